The van der Waals surface area contributed by atoms with Crippen LogP contribution in [0.25, 0.3) is 0 Å². The first-order valence-corrected chi connectivity index (χ1v) is 4.18. The molecule has 0 atom stereocenters. The molecule has 13 heavy (non-hydrogen) atoms. The first-order chi connectivity index (χ1) is 6.36. The Morgan fingerprint density at radius 2 is 1.92 bits per heavy atom. The van der Waals surface area contributed by atoms with Gasteiger partial charge in [-0.15, -0.1) is 0 Å². The van der Waals surface area contributed by atoms with E-state index in [0.29, 0.717) is 6.42 Å². The highest BCUT2D eigenvalue weighted by molar-refractivity contribution is 6.15. The van der Waals surface area contributed by atoms with Crippen LogP contribution in [0, 0.1) is 0 Å². The Hall–Kier alpha value is -1.70. The predicted molar refractivity (Wildman–Crippen MR) is 51.7 cm³/mol. The highest BCUT2D eigenvalue weighted by Crippen LogP contribution is 2.08. The van der Waals surface area contributed by atoms with Crippen molar-refractivity contribution in [3.8, 4) is 0 Å². The van der Waals surface area contributed by atoms with Crippen LogP contribution in [0.2, 0.25) is 0 Å². The molecule has 0 N–H and O–H groups in total. The van der Waals surface area contributed by atoms with Crippen molar-refractivity contribution < 1.29 is 4.79 Å². The molecule has 1 aliphatic rings. The molecule has 2 rings (SSSR count). The van der Waals surface area contributed by atoms with Crippen LogP contribution in [0.5, 0.6) is 0 Å². The average Bonchev–Trinajstić information content (AvgIpc) is 2.19. The van der Waals surface area contributed by atoms with Crippen molar-refractivity contribution in [2.24, 2.45) is 4.99 Å². The molecule has 1 aromatic rings. The molecule has 2 heteroatoms. The van der Waals surface area contributed by atoms with E-state index in [1.165, 1.54) is 6.08 Å². The normalized spacial score (nSPS) is 15.7. The molecule has 1 aromatic carbocycles. The monoisotopic (exact) mass is 171 g/mol. The summed E-state index contributed by atoms with van der Waals surface area (Å²) in [6.45, 7) is 0. The Morgan fingerprint density at radius 1 is 1.15 bits per heavy atom. The van der Waals surface area contributed by atoms with E-state index < -0.39 is 0 Å². The highest BCUT2D eigenvalue weighted by atomic mass is 16.1. The van der Waals surface area contributed by atoms with E-state index in [9.17, 15) is 4.79 Å². The van der Waals surface area contributed by atoms with E-state index in [1.807, 2.05) is 30.3 Å². The molecule has 0 aromatic heterocycles. The minimum Gasteiger partial charge on any atom is -0.294 e. The van der Waals surface area contributed by atoms with Gasteiger partial charge in [-0.2, -0.15) is 0 Å². The van der Waals surface area contributed by atoms with E-state index in [4.69, 9.17) is 0 Å². The van der Waals surface area contributed by atoms with Gasteiger partial charge in [0.1, 0.15) is 0 Å². The summed E-state index contributed by atoms with van der Waals surface area (Å²) in [7, 11) is 0. The molecule has 0 radical (unpaired) electrons. The van der Waals surface area contributed by atoms with E-state index in [0.717, 1.165) is 11.3 Å². The lowest BCUT2D eigenvalue weighted by molar-refractivity contribution is -0.113. The summed E-state index contributed by atoms with van der Waals surface area (Å²) in [5.74, 6) is 0.119. The molecule has 0 aliphatic carbocycles. The molecule has 0 bridgehead atoms. The molecule has 0 amide bonds. The van der Waals surface area contributed by atoms with E-state index in [-0.39, 0.29) is 5.78 Å². The van der Waals surface area contributed by atoms with Crippen molar-refractivity contribution in [2.45, 2.75) is 6.42 Å². The summed E-state index contributed by atoms with van der Waals surface area (Å²) < 4.78 is 0. The van der Waals surface area contributed by atoms with Crippen molar-refractivity contribution in [3.05, 3.63) is 48.2 Å². The summed E-state index contributed by atoms with van der Waals surface area (Å²) in [5.41, 5.74) is 1.88. The number of hydrogen-bond donors (Lipinski definition) is 0. The van der Waals surface area contributed by atoms with E-state index >= 15 is 0 Å². The van der Waals surface area contributed by atoms with Gasteiger partial charge in [-0.05, 0) is 11.6 Å². The lowest BCUT2D eigenvalue weighted by Crippen LogP contribution is -2.09. The molecule has 2 nitrogen and oxygen atoms in total. The Labute approximate surface area is 76.6 Å². The van der Waals surface area contributed by atoms with Gasteiger partial charge in [-0.3, -0.25) is 9.79 Å². The fourth-order valence-electron chi connectivity index (χ4n) is 1.29. The van der Waals surface area contributed by atoms with Crippen LogP contribution in [0.3, 0.4) is 0 Å². The van der Waals surface area contributed by atoms with Crippen molar-refractivity contribution >= 4 is 11.5 Å². The molecular weight excluding hydrogens is 162 g/mol. The zero-order valence-corrected chi connectivity index (χ0v) is 7.10. The zero-order chi connectivity index (χ0) is 9.10. The van der Waals surface area contributed by atoms with Crippen molar-refractivity contribution in [3.63, 3.8) is 0 Å². The molecule has 0 spiro atoms. The first-order valence-electron chi connectivity index (χ1n) is 4.18. The Morgan fingerprint density at radius 3 is 2.62 bits per heavy atom. The van der Waals surface area contributed by atoms with Gasteiger partial charge in [0.15, 0.2) is 5.78 Å². The van der Waals surface area contributed by atoms with Crippen LogP contribution >= 0.6 is 0 Å². The molecule has 0 saturated carbocycles. The Balaban J connectivity index is 2.33. The topological polar surface area (TPSA) is 29.4 Å². The van der Waals surface area contributed by atoms with Crippen LogP contribution < -0.4 is 0 Å². The third-order valence-corrected chi connectivity index (χ3v) is 1.94. The number of ketones is 1. The zero-order valence-electron chi connectivity index (χ0n) is 7.10. The first kappa shape index (κ1) is 7.92. The number of hydrogen-bond acceptors (Lipinski definition) is 2. The highest BCUT2D eigenvalue weighted by Gasteiger charge is 2.09. The predicted octanol–water partition coefficient (Wildman–Crippen LogP) is 1.96. The standard InChI is InChI=1S/C11H9NO/c13-10-6-7-12-11(8-10)9-4-2-1-3-5-9/h1-7H,8H2. The van der Waals surface area contributed by atoms with Crippen LogP contribution in [-0.2, 0) is 4.79 Å². The van der Waals surface area contributed by atoms with Crippen molar-refractivity contribution in [1.82, 2.24) is 0 Å². The summed E-state index contributed by atoms with van der Waals surface area (Å²) in [6, 6.07) is 9.77. The Kier molecular flexibility index (Phi) is 2.04. The van der Waals surface area contributed by atoms with Gasteiger partial charge in [0.2, 0.25) is 0 Å². The molecule has 0 saturated heterocycles. The SMILES string of the molecule is O=C1C=CN=C(c2ccccc2)C1. The van der Waals surface area contributed by atoms with Gasteiger partial charge in [0.05, 0.1) is 12.1 Å². The molecule has 0 unspecified atom stereocenters. The third kappa shape index (κ3) is 1.72. The quantitative estimate of drug-likeness (QED) is 0.635. The van der Waals surface area contributed by atoms with Gasteiger partial charge >= 0.3 is 0 Å². The molecule has 1 heterocycles. The summed E-state index contributed by atoms with van der Waals surface area (Å²) in [4.78, 5) is 15.2. The van der Waals surface area contributed by atoms with Crippen LogP contribution in [0.1, 0.15) is 12.0 Å². The number of nitrogens with zero attached hydrogens (tertiary/aromatic N) is 1. The van der Waals surface area contributed by atoms with Gasteiger partial charge < -0.3 is 0 Å². The van der Waals surface area contributed by atoms with Crippen LogP contribution in [0.15, 0.2) is 47.6 Å². The van der Waals surface area contributed by atoms with Gasteiger partial charge in [0.25, 0.3) is 0 Å². The number of rotatable bonds is 1. The number of benzene rings is 1. The van der Waals surface area contributed by atoms with Gasteiger partial charge in [-0.25, -0.2) is 0 Å². The van der Waals surface area contributed by atoms with Gasteiger partial charge in [-0.1, -0.05) is 30.3 Å². The summed E-state index contributed by atoms with van der Waals surface area (Å²) >= 11 is 0. The molecule has 0 fully saturated rings. The largest absolute Gasteiger partial charge is 0.294 e. The smallest absolute Gasteiger partial charge is 0.163 e. The summed E-state index contributed by atoms with van der Waals surface area (Å²) in [5, 5.41) is 0. The second kappa shape index (κ2) is 3.35. The molecule has 1 aliphatic heterocycles. The maximum Gasteiger partial charge on any atom is 0.163 e. The van der Waals surface area contributed by atoms with Crippen LogP contribution in [-0.4, -0.2) is 11.5 Å². The number of carbonyl (C=O) groups is 1. The van der Waals surface area contributed by atoms with Gasteiger partial charge in [0, 0.05) is 6.20 Å². The van der Waals surface area contributed by atoms with Crippen molar-refractivity contribution in [2.75, 3.05) is 0 Å². The summed E-state index contributed by atoms with van der Waals surface area (Å²) in [6.07, 6.45) is 3.49. The average molecular weight is 171 g/mol. The van der Waals surface area contributed by atoms with E-state index in [2.05, 4.69) is 4.99 Å². The maximum absolute atomic E-state index is 11.1. The minimum absolute atomic E-state index is 0.119. The second-order valence-corrected chi connectivity index (χ2v) is 2.90. The van der Waals surface area contributed by atoms with Crippen LogP contribution in [0.4, 0.5) is 0 Å². The minimum atomic E-state index is 0.119. The third-order valence-electron chi connectivity index (χ3n) is 1.94. The Bertz CT molecular complexity index is 376. The lowest BCUT2D eigenvalue weighted by Gasteiger charge is -2.06. The fraction of sp³-hybridized carbons (Fsp3) is 0.0909. The number of aliphatic imine (C=N–C) groups is 1. The number of carbonyl (C=O) groups excluding carboxylic acids is 1. The molecule has 64 valence electrons. The lowest BCUT2D eigenvalue weighted by atomic mass is 10.0. The maximum atomic E-state index is 11.1. The molecular formula is C11H9NO. The van der Waals surface area contributed by atoms with Crippen molar-refractivity contribution in [1.29, 1.82) is 0 Å². The number of allylic oxidation sites excluding steroid dienone is 1. The van der Waals surface area contributed by atoms with E-state index in [1.54, 1.807) is 6.20 Å². The fourth-order valence-corrected chi connectivity index (χ4v) is 1.29. The second-order valence-electron chi connectivity index (χ2n) is 2.90.